The summed E-state index contributed by atoms with van der Waals surface area (Å²) in [5.41, 5.74) is 1.41. The molecule has 0 radical (unpaired) electrons. The second-order valence-electron chi connectivity index (χ2n) is 6.67. The molecule has 112 valence electrons. The van der Waals surface area contributed by atoms with Crippen LogP contribution in [-0.4, -0.2) is 45.4 Å². The van der Waals surface area contributed by atoms with Crippen molar-refractivity contribution < 1.29 is 9.90 Å². The number of aliphatic hydroxyl groups excluding tert-OH is 1. The number of aromatic nitrogens is 2. The van der Waals surface area contributed by atoms with E-state index in [4.69, 9.17) is 5.11 Å². The fraction of sp³-hybridized carbons (Fsp3) is 0.733. The van der Waals surface area contributed by atoms with Crippen LogP contribution in [0, 0.1) is 12.8 Å². The Labute approximate surface area is 120 Å². The van der Waals surface area contributed by atoms with E-state index in [2.05, 4.69) is 25.9 Å². The van der Waals surface area contributed by atoms with Crippen molar-refractivity contribution in [3.63, 3.8) is 0 Å². The van der Waals surface area contributed by atoms with Crippen LogP contribution < -0.4 is 0 Å². The number of rotatable bonds is 2. The molecule has 5 nitrogen and oxygen atoms in total. The van der Waals surface area contributed by atoms with Gasteiger partial charge in [0.15, 0.2) is 5.69 Å². The first-order valence-corrected chi connectivity index (χ1v) is 7.30. The number of nitrogens with zero attached hydrogens (tertiary/aromatic N) is 3. The van der Waals surface area contributed by atoms with Crippen molar-refractivity contribution in [2.45, 2.75) is 46.1 Å². The molecular formula is C15H25N3O2. The second-order valence-corrected chi connectivity index (χ2v) is 6.67. The van der Waals surface area contributed by atoms with Crippen LogP contribution in [0.3, 0.4) is 0 Å². The van der Waals surface area contributed by atoms with Gasteiger partial charge in [-0.05, 0) is 52.5 Å². The zero-order valence-electron chi connectivity index (χ0n) is 12.9. The maximum Gasteiger partial charge on any atom is 0.274 e. The molecule has 0 saturated carbocycles. The third-order valence-corrected chi connectivity index (χ3v) is 3.90. The molecule has 1 aromatic rings. The van der Waals surface area contributed by atoms with E-state index in [1.54, 1.807) is 0 Å². The predicted octanol–water partition coefficient (Wildman–Crippen LogP) is 1.79. The molecule has 0 atom stereocenters. The Morgan fingerprint density at radius 3 is 2.45 bits per heavy atom. The van der Waals surface area contributed by atoms with E-state index in [0.29, 0.717) is 24.7 Å². The molecule has 2 rings (SSSR count). The topological polar surface area (TPSA) is 58.4 Å². The van der Waals surface area contributed by atoms with Gasteiger partial charge in [-0.3, -0.25) is 9.48 Å². The van der Waals surface area contributed by atoms with Crippen molar-refractivity contribution >= 4 is 5.91 Å². The Morgan fingerprint density at radius 1 is 1.40 bits per heavy atom. The van der Waals surface area contributed by atoms with Crippen LogP contribution in [0.25, 0.3) is 0 Å². The SMILES string of the molecule is Cc1cc(C(=O)N2CCC(CO)CC2)nn1C(C)(C)C. The highest BCUT2D eigenvalue weighted by Gasteiger charge is 2.26. The van der Waals surface area contributed by atoms with E-state index >= 15 is 0 Å². The minimum Gasteiger partial charge on any atom is -0.396 e. The van der Waals surface area contributed by atoms with Gasteiger partial charge in [-0.25, -0.2) is 0 Å². The summed E-state index contributed by atoms with van der Waals surface area (Å²) >= 11 is 0. The number of piperidine rings is 1. The van der Waals surface area contributed by atoms with E-state index in [9.17, 15) is 4.79 Å². The van der Waals surface area contributed by atoms with Gasteiger partial charge in [0.1, 0.15) is 0 Å². The van der Waals surface area contributed by atoms with E-state index < -0.39 is 0 Å². The number of aryl methyl sites for hydroxylation is 1. The summed E-state index contributed by atoms with van der Waals surface area (Å²) in [7, 11) is 0. The maximum atomic E-state index is 12.5. The quantitative estimate of drug-likeness (QED) is 0.898. The third-order valence-electron chi connectivity index (χ3n) is 3.90. The maximum absolute atomic E-state index is 12.5. The Balaban J connectivity index is 2.11. The summed E-state index contributed by atoms with van der Waals surface area (Å²) in [6.45, 7) is 9.86. The Bertz CT molecular complexity index is 480. The highest BCUT2D eigenvalue weighted by atomic mass is 16.3. The number of amides is 1. The lowest BCUT2D eigenvalue weighted by Crippen LogP contribution is -2.39. The van der Waals surface area contributed by atoms with Crippen molar-refractivity contribution in [1.29, 1.82) is 0 Å². The summed E-state index contributed by atoms with van der Waals surface area (Å²) in [4.78, 5) is 14.3. The molecule has 0 aromatic carbocycles. The van der Waals surface area contributed by atoms with Crippen molar-refractivity contribution in [2.75, 3.05) is 19.7 Å². The minimum atomic E-state index is -0.119. The number of carbonyl (C=O) groups is 1. The van der Waals surface area contributed by atoms with Crippen molar-refractivity contribution in [3.05, 3.63) is 17.5 Å². The largest absolute Gasteiger partial charge is 0.396 e. The number of carbonyl (C=O) groups excluding carboxylic acids is 1. The zero-order valence-corrected chi connectivity index (χ0v) is 12.9. The van der Waals surface area contributed by atoms with Crippen LogP contribution >= 0.6 is 0 Å². The van der Waals surface area contributed by atoms with Crippen molar-refractivity contribution in [2.24, 2.45) is 5.92 Å². The van der Waals surface area contributed by atoms with Gasteiger partial charge in [-0.15, -0.1) is 0 Å². The average Bonchev–Trinajstić information content (AvgIpc) is 2.80. The molecule has 1 aliphatic rings. The molecule has 0 spiro atoms. The second kappa shape index (κ2) is 5.56. The lowest BCUT2D eigenvalue weighted by molar-refractivity contribution is 0.0643. The summed E-state index contributed by atoms with van der Waals surface area (Å²) in [6.07, 6.45) is 1.75. The number of hydrogen-bond acceptors (Lipinski definition) is 3. The van der Waals surface area contributed by atoms with Gasteiger partial charge in [0.05, 0.1) is 5.54 Å². The summed E-state index contributed by atoms with van der Waals surface area (Å²) in [5, 5.41) is 13.6. The van der Waals surface area contributed by atoms with E-state index in [0.717, 1.165) is 18.5 Å². The van der Waals surface area contributed by atoms with Crippen LogP contribution in [-0.2, 0) is 5.54 Å². The lowest BCUT2D eigenvalue weighted by Gasteiger charge is -2.30. The molecule has 1 aromatic heterocycles. The normalized spacial score (nSPS) is 17.6. The molecule has 1 saturated heterocycles. The number of aliphatic hydroxyl groups is 1. The molecule has 2 heterocycles. The molecule has 1 N–H and O–H groups in total. The van der Waals surface area contributed by atoms with Crippen molar-refractivity contribution in [1.82, 2.24) is 14.7 Å². The van der Waals surface area contributed by atoms with Crippen LogP contribution in [0.4, 0.5) is 0 Å². The van der Waals surface area contributed by atoms with Gasteiger partial charge in [-0.2, -0.15) is 5.10 Å². The summed E-state index contributed by atoms with van der Waals surface area (Å²) in [5.74, 6) is 0.348. The molecule has 0 aliphatic carbocycles. The first-order chi connectivity index (χ1) is 9.32. The van der Waals surface area contributed by atoms with E-state index in [1.165, 1.54) is 0 Å². The fourth-order valence-corrected chi connectivity index (χ4v) is 2.74. The Hall–Kier alpha value is -1.36. The summed E-state index contributed by atoms with van der Waals surface area (Å²) < 4.78 is 1.90. The highest BCUT2D eigenvalue weighted by molar-refractivity contribution is 5.92. The van der Waals surface area contributed by atoms with Gasteiger partial charge < -0.3 is 10.0 Å². The molecule has 1 fully saturated rings. The first-order valence-electron chi connectivity index (χ1n) is 7.30. The smallest absolute Gasteiger partial charge is 0.274 e. The Morgan fingerprint density at radius 2 is 2.00 bits per heavy atom. The highest BCUT2D eigenvalue weighted by Crippen LogP contribution is 2.20. The van der Waals surface area contributed by atoms with Crippen LogP contribution in [0.5, 0.6) is 0 Å². The first kappa shape index (κ1) is 15.0. The standard InChI is InChI=1S/C15H25N3O2/c1-11-9-13(16-18(11)15(2,3)4)14(20)17-7-5-12(10-19)6-8-17/h9,12,19H,5-8,10H2,1-4H3. The third kappa shape index (κ3) is 3.03. The number of likely N-dealkylation sites (tertiary alicyclic amines) is 1. The van der Waals surface area contributed by atoms with Gasteiger partial charge in [-0.1, -0.05) is 0 Å². The van der Waals surface area contributed by atoms with Crippen molar-refractivity contribution in [3.8, 4) is 0 Å². The molecule has 20 heavy (non-hydrogen) atoms. The van der Waals surface area contributed by atoms with Gasteiger partial charge in [0.2, 0.25) is 0 Å². The summed E-state index contributed by atoms with van der Waals surface area (Å²) in [6, 6.07) is 1.87. The molecule has 0 unspecified atom stereocenters. The molecule has 0 bridgehead atoms. The number of hydrogen-bond donors (Lipinski definition) is 1. The minimum absolute atomic E-state index is 0.00693. The lowest BCUT2D eigenvalue weighted by atomic mass is 9.98. The fourth-order valence-electron chi connectivity index (χ4n) is 2.74. The molecular weight excluding hydrogens is 254 g/mol. The average molecular weight is 279 g/mol. The molecule has 1 amide bonds. The van der Waals surface area contributed by atoms with Gasteiger partial charge >= 0.3 is 0 Å². The zero-order chi connectivity index (χ0) is 14.9. The molecule has 1 aliphatic heterocycles. The van der Waals surface area contributed by atoms with Crippen LogP contribution in [0.15, 0.2) is 6.07 Å². The van der Waals surface area contributed by atoms with Gasteiger partial charge in [0, 0.05) is 25.4 Å². The van der Waals surface area contributed by atoms with Gasteiger partial charge in [0.25, 0.3) is 5.91 Å². The van der Waals surface area contributed by atoms with E-state index in [1.807, 2.05) is 22.6 Å². The van der Waals surface area contributed by atoms with E-state index in [-0.39, 0.29) is 18.1 Å². The van der Waals surface area contributed by atoms with Crippen LogP contribution in [0.2, 0.25) is 0 Å². The van der Waals surface area contributed by atoms with Crippen LogP contribution in [0.1, 0.15) is 49.8 Å². The molecule has 5 heteroatoms. The Kier molecular flexibility index (Phi) is 4.18. The monoisotopic (exact) mass is 279 g/mol. The predicted molar refractivity (Wildman–Crippen MR) is 77.7 cm³/mol.